The maximum absolute atomic E-state index is 8.76. The summed E-state index contributed by atoms with van der Waals surface area (Å²) in [5.41, 5.74) is 0.124. The van der Waals surface area contributed by atoms with Crippen LogP contribution >= 0.6 is 0 Å². The van der Waals surface area contributed by atoms with Crippen molar-refractivity contribution in [3.63, 3.8) is 0 Å². The molecule has 1 atom stereocenters. The predicted octanol–water partition coefficient (Wildman–Crippen LogP) is 2.39. The molecule has 0 aromatic carbocycles. The molecule has 0 radical (unpaired) electrons. The van der Waals surface area contributed by atoms with Crippen LogP contribution in [0.2, 0.25) is 0 Å². The molecule has 1 aliphatic heterocycles. The van der Waals surface area contributed by atoms with Crippen LogP contribution in [0.15, 0.2) is 0 Å². The number of hydrogen-bond donors (Lipinski definition) is 0. The van der Waals surface area contributed by atoms with E-state index in [1.165, 1.54) is 38.5 Å². The molecule has 0 aromatic rings. The molecule has 1 saturated heterocycles. The second-order valence-electron chi connectivity index (χ2n) is 4.02. The Morgan fingerprint density at radius 1 is 1.17 bits per heavy atom. The van der Waals surface area contributed by atoms with Gasteiger partial charge in [0.05, 0.1) is 11.7 Å². The van der Waals surface area contributed by atoms with Crippen LogP contribution in [0.5, 0.6) is 0 Å². The third-order valence-corrected chi connectivity index (χ3v) is 3.15. The zero-order valence-electron chi connectivity index (χ0n) is 7.38. The second kappa shape index (κ2) is 3.06. The lowest BCUT2D eigenvalue weighted by atomic mass is 9.90. The minimum atomic E-state index is -0.114. The molecule has 66 valence electrons. The van der Waals surface area contributed by atoms with Gasteiger partial charge in [-0.05, 0) is 32.1 Å². The van der Waals surface area contributed by atoms with Gasteiger partial charge in [-0.25, -0.2) is 0 Å². The van der Waals surface area contributed by atoms with Crippen molar-refractivity contribution in [3.8, 4) is 6.07 Å². The topological polar surface area (TPSA) is 33.0 Å². The lowest BCUT2D eigenvalue weighted by Crippen LogP contribution is -2.37. The Hall–Kier alpha value is -0.550. The summed E-state index contributed by atoms with van der Waals surface area (Å²) in [6.45, 7) is 0. The van der Waals surface area contributed by atoms with Gasteiger partial charge >= 0.3 is 0 Å². The number of nitrogens with zero attached hydrogens (tertiary/aromatic N) is 1. The standard InChI is InChI=1S/C10H15NO/c11-8-9-4-3-7-10(12-9)5-1-2-6-10/h9H,1-7H2. The molecule has 2 fully saturated rings. The summed E-state index contributed by atoms with van der Waals surface area (Å²) in [4.78, 5) is 0. The van der Waals surface area contributed by atoms with Crippen LogP contribution < -0.4 is 0 Å². The summed E-state index contributed by atoms with van der Waals surface area (Å²) < 4.78 is 5.82. The summed E-state index contributed by atoms with van der Waals surface area (Å²) >= 11 is 0. The van der Waals surface area contributed by atoms with Gasteiger partial charge in [0.15, 0.2) is 0 Å². The maximum atomic E-state index is 8.76. The van der Waals surface area contributed by atoms with E-state index < -0.39 is 0 Å². The van der Waals surface area contributed by atoms with Crippen molar-refractivity contribution in [1.82, 2.24) is 0 Å². The fraction of sp³-hybridized carbons (Fsp3) is 0.900. The Kier molecular flexibility index (Phi) is 2.06. The first-order valence-corrected chi connectivity index (χ1v) is 4.92. The largest absolute Gasteiger partial charge is 0.357 e. The van der Waals surface area contributed by atoms with Crippen molar-refractivity contribution in [3.05, 3.63) is 0 Å². The Bertz CT molecular complexity index is 200. The SMILES string of the molecule is N#CC1CCCC2(CCCC2)O1. The van der Waals surface area contributed by atoms with Crippen LogP contribution in [0.1, 0.15) is 44.9 Å². The van der Waals surface area contributed by atoms with Crippen molar-refractivity contribution in [2.45, 2.75) is 56.7 Å². The summed E-state index contributed by atoms with van der Waals surface area (Å²) in [5.74, 6) is 0. The molecule has 2 nitrogen and oxygen atoms in total. The number of ether oxygens (including phenoxy) is 1. The van der Waals surface area contributed by atoms with Gasteiger partial charge in [-0.2, -0.15) is 5.26 Å². The van der Waals surface area contributed by atoms with Gasteiger partial charge in [-0.15, -0.1) is 0 Å². The summed E-state index contributed by atoms with van der Waals surface area (Å²) in [7, 11) is 0. The molecule has 0 N–H and O–H groups in total. The molecule has 0 amide bonds. The maximum Gasteiger partial charge on any atom is 0.144 e. The van der Waals surface area contributed by atoms with Crippen LogP contribution in [0, 0.1) is 11.3 Å². The number of nitriles is 1. The van der Waals surface area contributed by atoms with Crippen LogP contribution in [-0.2, 0) is 4.74 Å². The quantitative estimate of drug-likeness (QED) is 0.552. The predicted molar refractivity (Wildman–Crippen MR) is 45.5 cm³/mol. The Balaban J connectivity index is 2.02. The lowest BCUT2D eigenvalue weighted by molar-refractivity contribution is -0.102. The molecule has 0 aromatic heterocycles. The fourth-order valence-corrected chi connectivity index (χ4v) is 2.51. The molecule has 2 heteroatoms. The van der Waals surface area contributed by atoms with E-state index in [0.717, 1.165) is 6.42 Å². The van der Waals surface area contributed by atoms with Gasteiger partial charge < -0.3 is 4.74 Å². The van der Waals surface area contributed by atoms with E-state index in [2.05, 4.69) is 6.07 Å². The minimum Gasteiger partial charge on any atom is -0.357 e. The molecule has 1 saturated carbocycles. The molecule has 0 bridgehead atoms. The molecule has 2 rings (SSSR count). The van der Waals surface area contributed by atoms with Crippen LogP contribution in [0.4, 0.5) is 0 Å². The smallest absolute Gasteiger partial charge is 0.144 e. The van der Waals surface area contributed by atoms with E-state index in [1.54, 1.807) is 0 Å². The molecular formula is C10H15NO. The van der Waals surface area contributed by atoms with E-state index in [0.29, 0.717) is 0 Å². The van der Waals surface area contributed by atoms with Crippen molar-refractivity contribution in [1.29, 1.82) is 5.26 Å². The monoisotopic (exact) mass is 165 g/mol. The van der Waals surface area contributed by atoms with Crippen molar-refractivity contribution in [2.24, 2.45) is 0 Å². The molecule has 1 unspecified atom stereocenters. The van der Waals surface area contributed by atoms with Gasteiger partial charge in [0, 0.05) is 0 Å². The minimum absolute atomic E-state index is 0.114. The molecule has 1 aliphatic carbocycles. The zero-order chi connectivity index (χ0) is 8.44. The van der Waals surface area contributed by atoms with Crippen molar-refractivity contribution >= 4 is 0 Å². The highest BCUT2D eigenvalue weighted by atomic mass is 16.5. The summed E-state index contributed by atoms with van der Waals surface area (Å²) in [6.07, 6.45) is 8.14. The molecule has 1 spiro atoms. The van der Waals surface area contributed by atoms with E-state index in [-0.39, 0.29) is 11.7 Å². The number of hydrogen-bond acceptors (Lipinski definition) is 2. The second-order valence-corrected chi connectivity index (χ2v) is 4.02. The fourth-order valence-electron chi connectivity index (χ4n) is 2.51. The first kappa shape index (κ1) is 8.07. The highest BCUT2D eigenvalue weighted by Gasteiger charge is 2.39. The summed E-state index contributed by atoms with van der Waals surface area (Å²) in [6, 6.07) is 2.23. The van der Waals surface area contributed by atoms with E-state index >= 15 is 0 Å². The van der Waals surface area contributed by atoms with Crippen LogP contribution in [-0.4, -0.2) is 11.7 Å². The van der Waals surface area contributed by atoms with Gasteiger partial charge in [-0.3, -0.25) is 0 Å². The average Bonchev–Trinajstić information content (AvgIpc) is 2.53. The highest BCUT2D eigenvalue weighted by molar-refractivity contribution is 4.96. The van der Waals surface area contributed by atoms with E-state index in [1.807, 2.05) is 0 Å². The average molecular weight is 165 g/mol. The highest BCUT2D eigenvalue weighted by Crippen LogP contribution is 2.41. The first-order chi connectivity index (χ1) is 5.85. The molecule has 1 heterocycles. The van der Waals surface area contributed by atoms with E-state index in [4.69, 9.17) is 10.00 Å². The van der Waals surface area contributed by atoms with E-state index in [9.17, 15) is 0 Å². The first-order valence-electron chi connectivity index (χ1n) is 4.92. The summed E-state index contributed by atoms with van der Waals surface area (Å²) in [5, 5.41) is 8.76. The van der Waals surface area contributed by atoms with Crippen molar-refractivity contribution in [2.75, 3.05) is 0 Å². The van der Waals surface area contributed by atoms with Gasteiger partial charge in [0.2, 0.25) is 0 Å². The third-order valence-electron chi connectivity index (χ3n) is 3.15. The normalized spacial score (nSPS) is 33.4. The third kappa shape index (κ3) is 1.34. The Morgan fingerprint density at radius 2 is 1.83 bits per heavy atom. The Labute approximate surface area is 73.5 Å². The zero-order valence-corrected chi connectivity index (χ0v) is 7.38. The lowest BCUT2D eigenvalue weighted by Gasteiger charge is -2.36. The van der Waals surface area contributed by atoms with Gasteiger partial charge in [0.1, 0.15) is 6.10 Å². The molecule has 12 heavy (non-hydrogen) atoms. The number of rotatable bonds is 0. The van der Waals surface area contributed by atoms with Crippen molar-refractivity contribution < 1.29 is 4.74 Å². The van der Waals surface area contributed by atoms with Gasteiger partial charge in [0.25, 0.3) is 0 Å². The molecule has 2 aliphatic rings. The van der Waals surface area contributed by atoms with Gasteiger partial charge in [-0.1, -0.05) is 12.8 Å². The molecular weight excluding hydrogens is 150 g/mol. The van der Waals surface area contributed by atoms with Crippen LogP contribution in [0.25, 0.3) is 0 Å². The Morgan fingerprint density at radius 3 is 2.50 bits per heavy atom. The van der Waals surface area contributed by atoms with Crippen LogP contribution in [0.3, 0.4) is 0 Å².